The van der Waals surface area contributed by atoms with E-state index in [0.29, 0.717) is 0 Å². The number of nitrogens with zero attached hydrogens (tertiary/aromatic N) is 1. The third-order valence-electron chi connectivity index (χ3n) is 3.90. The average Bonchev–Trinajstić information content (AvgIpc) is 2.71. The van der Waals surface area contributed by atoms with Crippen LogP contribution < -0.4 is 5.32 Å². The van der Waals surface area contributed by atoms with Crippen molar-refractivity contribution in [1.82, 2.24) is 0 Å². The molecule has 0 saturated heterocycles. The SMILES string of the molecule is CS(=O)c1ccc(SCC(=O)Nc2cccc(SC(F)(F)C(F)(F)C(F)(F)F)c2)c([N+](=O)[O-])c1. The summed E-state index contributed by atoms with van der Waals surface area (Å²) in [6, 6.07) is 7.64. The predicted octanol–water partition coefficient (Wildman–Crippen LogP) is 5.95. The Morgan fingerprint density at radius 2 is 1.74 bits per heavy atom. The van der Waals surface area contributed by atoms with E-state index in [9.17, 15) is 49.9 Å². The summed E-state index contributed by atoms with van der Waals surface area (Å²) >= 11 is -0.278. The maximum absolute atomic E-state index is 13.6. The number of halogens is 7. The van der Waals surface area contributed by atoms with E-state index in [2.05, 4.69) is 5.32 Å². The van der Waals surface area contributed by atoms with Crippen LogP contribution in [0, 0.1) is 10.1 Å². The van der Waals surface area contributed by atoms with Gasteiger partial charge in [0.1, 0.15) is 0 Å². The molecule has 0 fully saturated rings. The van der Waals surface area contributed by atoms with Crippen molar-refractivity contribution in [3.63, 3.8) is 0 Å². The van der Waals surface area contributed by atoms with Crippen LogP contribution >= 0.6 is 23.5 Å². The van der Waals surface area contributed by atoms with Gasteiger partial charge in [-0.2, -0.15) is 30.7 Å². The quantitative estimate of drug-likeness (QED) is 0.180. The summed E-state index contributed by atoms with van der Waals surface area (Å²) in [6.45, 7) is 0. The Bertz CT molecular complexity index is 1110. The molecule has 1 amide bonds. The second kappa shape index (κ2) is 10.5. The lowest BCUT2D eigenvalue weighted by Gasteiger charge is -2.27. The number of hydrogen-bond donors (Lipinski definition) is 1. The van der Waals surface area contributed by atoms with E-state index in [0.717, 1.165) is 36.0 Å². The summed E-state index contributed by atoms with van der Waals surface area (Å²) in [4.78, 5) is 22.3. The molecule has 186 valence electrons. The van der Waals surface area contributed by atoms with E-state index >= 15 is 0 Å². The minimum atomic E-state index is -6.47. The summed E-state index contributed by atoms with van der Waals surface area (Å²) in [5, 5.41) is 7.94. The Kier molecular flexibility index (Phi) is 8.63. The Morgan fingerprint density at radius 3 is 2.29 bits per heavy atom. The van der Waals surface area contributed by atoms with Crippen LogP contribution in [-0.2, 0) is 15.6 Å². The third kappa shape index (κ3) is 6.63. The molecule has 16 heteroatoms. The molecular weight excluding hydrogens is 537 g/mol. The van der Waals surface area contributed by atoms with E-state index in [1.165, 1.54) is 24.5 Å². The van der Waals surface area contributed by atoms with Crippen molar-refractivity contribution in [2.75, 3.05) is 17.3 Å². The third-order valence-corrected chi connectivity index (χ3v) is 6.89. The number of benzene rings is 2. The van der Waals surface area contributed by atoms with Gasteiger partial charge in [0.25, 0.3) is 5.69 Å². The van der Waals surface area contributed by atoms with Crippen molar-refractivity contribution in [2.24, 2.45) is 0 Å². The minimum Gasteiger partial charge on any atom is -0.325 e. The number of anilines is 1. The van der Waals surface area contributed by atoms with Gasteiger partial charge in [0.15, 0.2) is 0 Å². The van der Waals surface area contributed by atoms with Crippen LogP contribution in [0.1, 0.15) is 0 Å². The molecule has 2 rings (SSSR count). The molecule has 0 saturated carbocycles. The Labute approximate surface area is 198 Å². The average molecular weight is 550 g/mol. The molecule has 0 radical (unpaired) electrons. The summed E-state index contributed by atoms with van der Waals surface area (Å²) in [5.41, 5.74) is -0.565. The van der Waals surface area contributed by atoms with Gasteiger partial charge in [-0.25, -0.2) is 0 Å². The first kappa shape index (κ1) is 27.9. The van der Waals surface area contributed by atoms with Gasteiger partial charge in [-0.3, -0.25) is 19.1 Å². The highest BCUT2D eigenvalue weighted by Crippen LogP contribution is 2.53. The van der Waals surface area contributed by atoms with Crippen LogP contribution in [0.4, 0.5) is 42.1 Å². The highest BCUT2D eigenvalue weighted by atomic mass is 32.2. The summed E-state index contributed by atoms with van der Waals surface area (Å²) in [7, 11) is -1.48. The molecule has 6 nitrogen and oxygen atoms in total. The van der Waals surface area contributed by atoms with E-state index in [4.69, 9.17) is 0 Å². The Morgan fingerprint density at radius 1 is 1.09 bits per heavy atom. The van der Waals surface area contributed by atoms with Crippen molar-refractivity contribution in [1.29, 1.82) is 0 Å². The predicted molar refractivity (Wildman–Crippen MR) is 113 cm³/mol. The van der Waals surface area contributed by atoms with E-state index in [1.54, 1.807) is 0 Å². The van der Waals surface area contributed by atoms with Crippen molar-refractivity contribution >= 4 is 51.6 Å². The molecule has 2 aromatic rings. The molecule has 0 bridgehead atoms. The van der Waals surface area contributed by atoms with E-state index in [1.807, 2.05) is 0 Å². The van der Waals surface area contributed by atoms with Gasteiger partial charge < -0.3 is 5.32 Å². The van der Waals surface area contributed by atoms with Crippen LogP contribution in [-0.4, -0.2) is 44.4 Å². The number of amides is 1. The molecule has 0 aliphatic rings. The number of nitrogens with one attached hydrogen (secondary N) is 1. The molecule has 0 spiro atoms. The normalized spacial score (nSPS) is 13.4. The summed E-state index contributed by atoms with van der Waals surface area (Å²) < 4.78 is 102. The van der Waals surface area contributed by atoms with Crippen molar-refractivity contribution < 1.29 is 44.7 Å². The Balaban J connectivity index is 2.09. The molecule has 0 aromatic heterocycles. The number of alkyl halides is 7. The maximum atomic E-state index is 13.6. The standard InChI is InChI=1S/C18H13F7N2O4S3/c1-34(31)12-5-6-14(13(8-12)27(29)30)32-9-15(28)26-10-3-2-4-11(7-10)33-18(24,25)16(19,20)17(21,22)23/h2-8H,9H2,1H3,(H,26,28). The summed E-state index contributed by atoms with van der Waals surface area (Å²) in [5.74, 6) is -7.46. The van der Waals surface area contributed by atoms with E-state index < -0.39 is 67.1 Å². The van der Waals surface area contributed by atoms with Gasteiger partial charge in [0, 0.05) is 27.8 Å². The number of nitro benzene ring substituents is 1. The topological polar surface area (TPSA) is 89.3 Å². The monoisotopic (exact) mass is 550 g/mol. The molecule has 1 atom stereocenters. The van der Waals surface area contributed by atoms with Gasteiger partial charge in [-0.1, -0.05) is 6.07 Å². The molecule has 0 aliphatic heterocycles. The molecule has 34 heavy (non-hydrogen) atoms. The van der Waals surface area contributed by atoms with Crippen molar-refractivity contribution in [2.45, 2.75) is 32.0 Å². The van der Waals surface area contributed by atoms with Crippen LogP contribution in [0.5, 0.6) is 0 Å². The van der Waals surface area contributed by atoms with Crippen LogP contribution in [0.2, 0.25) is 0 Å². The molecule has 1 N–H and O–H groups in total. The first-order valence-electron chi connectivity index (χ1n) is 8.71. The lowest BCUT2D eigenvalue weighted by atomic mass is 10.3. The highest BCUT2D eigenvalue weighted by molar-refractivity contribution is 8.00. The Hall–Kier alpha value is -2.33. The minimum absolute atomic E-state index is 0.0766. The second-order valence-corrected chi connectivity index (χ2v) is 9.98. The molecule has 0 aliphatic carbocycles. The van der Waals surface area contributed by atoms with Gasteiger partial charge in [-0.05, 0) is 42.1 Å². The number of hydrogen-bond acceptors (Lipinski definition) is 6. The van der Waals surface area contributed by atoms with Crippen molar-refractivity contribution in [3.05, 3.63) is 52.6 Å². The zero-order chi connectivity index (χ0) is 25.9. The smallest absolute Gasteiger partial charge is 0.325 e. The largest absolute Gasteiger partial charge is 0.460 e. The van der Waals surface area contributed by atoms with Gasteiger partial charge in [0.05, 0.1) is 26.4 Å². The van der Waals surface area contributed by atoms with Crippen LogP contribution in [0.15, 0.2) is 57.2 Å². The van der Waals surface area contributed by atoms with Gasteiger partial charge >= 0.3 is 17.4 Å². The first-order chi connectivity index (χ1) is 15.5. The van der Waals surface area contributed by atoms with Crippen LogP contribution in [0.3, 0.4) is 0 Å². The van der Waals surface area contributed by atoms with Crippen molar-refractivity contribution in [3.8, 4) is 0 Å². The fourth-order valence-corrected chi connectivity index (χ4v) is 4.51. The fraction of sp³-hybridized carbons (Fsp3) is 0.278. The molecule has 0 heterocycles. The lowest BCUT2D eigenvalue weighted by Crippen LogP contribution is -2.49. The second-order valence-electron chi connectivity index (χ2n) is 6.40. The number of carbonyl (C=O) groups is 1. The lowest BCUT2D eigenvalue weighted by molar-refractivity contribution is -0.387. The summed E-state index contributed by atoms with van der Waals surface area (Å²) in [6.07, 6.45) is -5.15. The number of carbonyl (C=O) groups excluding carboxylic acids is 1. The highest BCUT2D eigenvalue weighted by Gasteiger charge is 2.73. The van der Waals surface area contributed by atoms with E-state index in [-0.39, 0.29) is 15.5 Å². The first-order valence-corrected chi connectivity index (χ1v) is 12.1. The molecule has 2 aromatic carbocycles. The van der Waals surface area contributed by atoms with Gasteiger partial charge in [0.2, 0.25) is 5.91 Å². The zero-order valence-electron chi connectivity index (χ0n) is 16.7. The zero-order valence-corrected chi connectivity index (χ0v) is 19.1. The number of rotatable bonds is 9. The molecule has 1 unspecified atom stereocenters. The van der Waals surface area contributed by atoms with Crippen LogP contribution in [0.25, 0.3) is 0 Å². The number of nitro groups is 1. The maximum Gasteiger partial charge on any atom is 0.460 e. The fourth-order valence-electron chi connectivity index (χ4n) is 2.30. The number of thioether (sulfide) groups is 2. The van der Waals surface area contributed by atoms with Gasteiger partial charge in [-0.15, -0.1) is 11.8 Å². The molecular formula is C18H13F7N2O4S3.